The molecule has 0 saturated carbocycles. The quantitative estimate of drug-likeness (QED) is 0.0980. The number of fused-ring (bicyclic) bond motifs is 1. The highest BCUT2D eigenvalue weighted by atomic mass is 15.1. The molecule has 0 bridgehead atoms. The van der Waals surface area contributed by atoms with Crippen LogP contribution in [0, 0.1) is 6.92 Å². The van der Waals surface area contributed by atoms with Gasteiger partial charge in [0.05, 0.1) is 16.9 Å². The second-order valence-electron chi connectivity index (χ2n) is 11.3. The molecule has 0 aliphatic rings. The Balaban J connectivity index is 1.43. The molecule has 0 amide bonds. The smallest absolute Gasteiger partial charge is 0.0864 e. The molecule has 4 nitrogen and oxygen atoms in total. The van der Waals surface area contributed by atoms with Crippen LogP contribution in [-0.4, -0.2) is 17.3 Å². The summed E-state index contributed by atoms with van der Waals surface area (Å²) < 4.78 is 2.30. The molecular weight excluding hydrogens is 585 g/mol. The van der Waals surface area contributed by atoms with Gasteiger partial charge in [-0.15, -0.1) is 0 Å². The molecule has 0 atom stereocenters. The van der Waals surface area contributed by atoms with Gasteiger partial charge >= 0.3 is 0 Å². The van der Waals surface area contributed by atoms with Gasteiger partial charge in [-0.1, -0.05) is 104 Å². The second-order valence-corrected chi connectivity index (χ2v) is 11.3. The van der Waals surface area contributed by atoms with Crippen LogP contribution < -0.4 is 10.2 Å². The predicted molar refractivity (Wildman–Crippen MR) is 209 cm³/mol. The Labute approximate surface area is 285 Å². The third-order valence-corrected chi connectivity index (χ3v) is 7.97. The third-order valence-electron chi connectivity index (χ3n) is 7.97. The highest BCUT2D eigenvalue weighted by Crippen LogP contribution is 2.27. The summed E-state index contributed by atoms with van der Waals surface area (Å²) in [6, 6.07) is 39.7. The van der Waals surface area contributed by atoms with Crippen LogP contribution >= 0.6 is 0 Å². The molecular formula is C44H44N4. The van der Waals surface area contributed by atoms with Crippen LogP contribution in [0.2, 0.25) is 0 Å². The van der Waals surface area contributed by atoms with E-state index >= 15 is 0 Å². The van der Waals surface area contributed by atoms with Gasteiger partial charge in [-0.3, -0.25) is 4.99 Å². The van der Waals surface area contributed by atoms with E-state index in [9.17, 15) is 0 Å². The minimum Gasteiger partial charge on any atom is -0.386 e. The molecule has 1 aromatic heterocycles. The lowest BCUT2D eigenvalue weighted by atomic mass is 10.0. The molecule has 0 unspecified atom stereocenters. The first-order valence-electron chi connectivity index (χ1n) is 16.4. The Morgan fingerprint density at radius 1 is 0.854 bits per heavy atom. The Bertz CT molecular complexity index is 1990. The molecule has 0 radical (unpaired) electrons. The van der Waals surface area contributed by atoms with Crippen molar-refractivity contribution < 1.29 is 0 Å². The van der Waals surface area contributed by atoms with Crippen LogP contribution in [0.25, 0.3) is 16.6 Å². The number of benzene rings is 4. The van der Waals surface area contributed by atoms with E-state index in [0.717, 1.165) is 52.6 Å². The SMILES string of the molecule is C=C/C=C(\C=C/CCC(=Nc1ccccc1NC)c1ccccc1)N(/C=C/C=C(\C=C/C)n1c(C)cc2ccccc21)c1ccccc1. The highest BCUT2D eigenvalue weighted by molar-refractivity contribution is 6.02. The fourth-order valence-electron chi connectivity index (χ4n) is 5.73. The van der Waals surface area contributed by atoms with E-state index in [1.54, 1.807) is 0 Å². The summed E-state index contributed by atoms with van der Waals surface area (Å²) >= 11 is 0. The topological polar surface area (TPSA) is 32.6 Å². The zero-order valence-corrected chi connectivity index (χ0v) is 28.1. The Kier molecular flexibility index (Phi) is 12.0. The minimum atomic E-state index is 0.792. The lowest BCUT2D eigenvalue weighted by Crippen LogP contribution is -2.13. The van der Waals surface area contributed by atoms with Crippen LogP contribution in [0.15, 0.2) is 187 Å². The molecule has 4 aromatic carbocycles. The summed E-state index contributed by atoms with van der Waals surface area (Å²) in [5, 5.41) is 4.50. The first-order valence-corrected chi connectivity index (χ1v) is 16.4. The molecule has 0 spiro atoms. The van der Waals surface area contributed by atoms with E-state index in [1.165, 1.54) is 16.6 Å². The zero-order chi connectivity index (χ0) is 33.6. The maximum Gasteiger partial charge on any atom is 0.0864 e. The van der Waals surface area contributed by atoms with Gasteiger partial charge in [0.25, 0.3) is 0 Å². The van der Waals surface area contributed by atoms with E-state index in [-0.39, 0.29) is 0 Å². The minimum absolute atomic E-state index is 0.792. The number of aromatic nitrogens is 1. The van der Waals surface area contributed by atoms with E-state index in [2.05, 4.69) is 169 Å². The van der Waals surface area contributed by atoms with Crippen LogP contribution in [0.4, 0.5) is 17.1 Å². The Morgan fingerprint density at radius 2 is 1.56 bits per heavy atom. The molecule has 48 heavy (non-hydrogen) atoms. The maximum atomic E-state index is 5.11. The van der Waals surface area contributed by atoms with Crippen molar-refractivity contribution in [3.05, 3.63) is 194 Å². The molecule has 0 fully saturated rings. The lowest BCUT2D eigenvalue weighted by molar-refractivity contribution is 1.08. The van der Waals surface area contributed by atoms with E-state index in [0.29, 0.717) is 0 Å². The molecule has 1 N–H and O–H groups in total. The summed E-state index contributed by atoms with van der Waals surface area (Å²) in [4.78, 5) is 7.30. The highest BCUT2D eigenvalue weighted by Gasteiger charge is 2.10. The standard InChI is InChI=1S/C44H44N4/c1-5-20-38(27-14-15-29-41(36-22-9-7-10-23-36)46-43-31-17-16-30-42(43)45-4)47(39-25-11-8-12-26-39)33-19-28-40(21-6-2)48-35(3)34-37-24-13-18-32-44(37)48/h5-14,16-28,30-34,45H,1,15,29H2,2-4H3/b21-6-,27-14-,33-19+,38-20+,40-28+,46-41?. The normalized spacial score (nSPS) is 12.9. The Morgan fingerprint density at radius 3 is 2.31 bits per heavy atom. The van der Waals surface area contributed by atoms with Crippen LogP contribution in [-0.2, 0) is 0 Å². The summed E-state index contributed by atoms with van der Waals surface area (Å²) in [6.45, 7) is 8.24. The van der Waals surface area contributed by atoms with Gasteiger partial charge in [0, 0.05) is 47.1 Å². The van der Waals surface area contributed by atoms with Crippen LogP contribution in [0.1, 0.15) is 31.0 Å². The largest absolute Gasteiger partial charge is 0.386 e. The van der Waals surface area contributed by atoms with Crippen molar-refractivity contribution in [2.45, 2.75) is 26.7 Å². The lowest BCUT2D eigenvalue weighted by Gasteiger charge is -2.22. The number of allylic oxidation sites excluding steroid dienone is 9. The number of aryl methyl sites for hydroxylation is 1. The van der Waals surface area contributed by atoms with Gasteiger partial charge in [0.15, 0.2) is 0 Å². The van der Waals surface area contributed by atoms with E-state index in [1.807, 2.05) is 43.5 Å². The number of nitrogens with zero attached hydrogens (tertiary/aromatic N) is 3. The first kappa shape index (κ1) is 33.5. The average Bonchev–Trinajstić information content (AvgIpc) is 3.47. The zero-order valence-electron chi connectivity index (χ0n) is 28.1. The summed E-state index contributed by atoms with van der Waals surface area (Å²) in [6.07, 6.45) is 20.5. The number of aliphatic imine (C=N–C) groups is 1. The van der Waals surface area contributed by atoms with Gasteiger partial charge < -0.3 is 14.8 Å². The molecule has 240 valence electrons. The number of hydrogen-bond acceptors (Lipinski definition) is 3. The molecule has 5 aromatic rings. The summed E-state index contributed by atoms with van der Waals surface area (Å²) in [5.74, 6) is 0. The van der Waals surface area contributed by atoms with Crippen molar-refractivity contribution in [2.24, 2.45) is 4.99 Å². The van der Waals surface area contributed by atoms with Crippen molar-refractivity contribution >= 4 is 39.4 Å². The van der Waals surface area contributed by atoms with Crippen molar-refractivity contribution in [1.82, 2.24) is 4.57 Å². The van der Waals surface area contributed by atoms with Crippen molar-refractivity contribution in [3.8, 4) is 0 Å². The molecule has 0 aliphatic heterocycles. The average molecular weight is 629 g/mol. The van der Waals surface area contributed by atoms with Gasteiger partial charge in [-0.05, 0) is 99.0 Å². The first-order chi connectivity index (χ1) is 23.6. The predicted octanol–water partition coefficient (Wildman–Crippen LogP) is 11.7. The Hall–Kier alpha value is -5.87. The third kappa shape index (κ3) is 8.48. The number of para-hydroxylation sites is 4. The van der Waals surface area contributed by atoms with E-state index < -0.39 is 0 Å². The maximum absolute atomic E-state index is 5.11. The van der Waals surface area contributed by atoms with Gasteiger partial charge in [0.2, 0.25) is 0 Å². The van der Waals surface area contributed by atoms with Crippen molar-refractivity contribution in [3.63, 3.8) is 0 Å². The number of nitrogens with one attached hydrogen (secondary N) is 1. The van der Waals surface area contributed by atoms with Crippen LogP contribution in [0.5, 0.6) is 0 Å². The molecule has 5 rings (SSSR count). The van der Waals surface area contributed by atoms with Crippen molar-refractivity contribution in [2.75, 3.05) is 17.3 Å². The number of rotatable bonds is 14. The van der Waals surface area contributed by atoms with Gasteiger partial charge in [0.1, 0.15) is 0 Å². The van der Waals surface area contributed by atoms with Crippen molar-refractivity contribution in [1.29, 1.82) is 0 Å². The van der Waals surface area contributed by atoms with Crippen LogP contribution in [0.3, 0.4) is 0 Å². The number of anilines is 2. The second kappa shape index (κ2) is 17.2. The van der Waals surface area contributed by atoms with Gasteiger partial charge in [-0.2, -0.15) is 0 Å². The summed E-state index contributed by atoms with van der Waals surface area (Å²) in [7, 11) is 1.93. The van der Waals surface area contributed by atoms with E-state index in [4.69, 9.17) is 4.99 Å². The fourth-order valence-corrected chi connectivity index (χ4v) is 5.73. The molecule has 4 heteroatoms. The van der Waals surface area contributed by atoms with Gasteiger partial charge in [-0.25, -0.2) is 0 Å². The molecule has 0 aliphatic carbocycles. The molecule has 0 saturated heterocycles. The summed E-state index contributed by atoms with van der Waals surface area (Å²) in [5.41, 5.74) is 9.66. The number of hydrogen-bond donors (Lipinski definition) is 1. The fraction of sp³-hybridized carbons (Fsp3) is 0.114. The monoisotopic (exact) mass is 628 g/mol. The molecule has 1 heterocycles.